The van der Waals surface area contributed by atoms with Crippen molar-refractivity contribution >= 4 is 50.7 Å². The van der Waals surface area contributed by atoms with Crippen molar-refractivity contribution < 1.29 is 14.3 Å². The van der Waals surface area contributed by atoms with Crippen LogP contribution in [0.15, 0.2) is 70.4 Å². The van der Waals surface area contributed by atoms with Crippen LogP contribution in [0, 0.1) is 11.3 Å². The van der Waals surface area contributed by atoms with Crippen LogP contribution in [0.4, 0.5) is 0 Å². The number of para-hydroxylation sites is 1. The summed E-state index contributed by atoms with van der Waals surface area (Å²) in [5.41, 5.74) is 2.08. The van der Waals surface area contributed by atoms with Gasteiger partial charge in [0, 0.05) is 34.6 Å². The van der Waals surface area contributed by atoms with Crippen LogP contribution in [-0.2, 0) is 11.3 Å². The monoisotopic (exact) mass is 487 g/mol. The number of ether oxygens (including phenoxy) is 2. The summed E-state index contributed by atoms with van der Waals surface area (Å²) in [6.45, 7) is 5.13. The molecule has 0 atom stereocenters. The second kappa shape index (κ2) is 9.42. The summed E-state index contributed by atoms with van der Waals surface area (Å²) in [4.78, 5) is 17.0. The molecule has 0 radical (unpaired) electrons. The Hall–Kier alpha value is -3.85. The van der Waals surface area contributed by atoms with Crippen LogP contribution >= 0.6 is 11.8 Å². The fraction of sp³-hybridized carbons (Fsp3) is 0.231. The molecule has 178 valence electrons. The van der Waals surface area contributed by atoms with Gasteiger partial charge in [0.2, 0.25) is 5.17 Å². The van der Waals surface area contributed by atoms with Gasteiger partial charge >= 0.3 is 0 Å². The molecule has 1 aromatic heterocycles. The second-order valence-electron chi connectivity index (χ2n) is 8.44. The van der Waals surface area contributed by atoms with E-state index in [4.69, 9.17) is 14.9 Å². The number of amidine groups is 2. The van der Waals surface area contributed by atoms with E-state index in [2.05, 4.69) is 14.7 Å². The maximum atomic E-state index is 12.8. The predicted octanol–water partition coefficient (Wildman–Crippen LogP) is 5.00. The molecule has 35 heavy (non-hydrogen) atoms. The van der Waals surface area contributed by atoms with Crippen LogP contribution in [0.25, 0.3) is 17.0 Å². The molecule has 2 aliphatic heterocycles. The van der Waals surface area contributed by atoms with Gasteiger partial charge in [-0.3, -0.25) is 10.2 Å². The van der Waals surface area contributed by atoms with E-state index in [0.717, 1.165) is 33.0 Å². The molecule has 0 saturated heterocycles. The van der Waals surface area contributed by atoms with Gasteiger partial charge in [-0.25, -0.2) is 0 Å². The molecule has 3 aromatic rings. The maximum absolute atomic E-state index is 12.8. The predicted molar refractivity (Wildman–Crippen MR) is 140 cm³/mol. The molecule has 0 spiro atoms. The number of amides is 1. The summed E-state index contributed by atoms with van der Waals surface area (Å²) in [5, 5.41) is 16.9. The van der Waals surface area contributed by atoms with Crippen molar-refractivity contribution in [3.8, 4) is 11.5 Å². The van der Waals surface area contributed by atoms with Gasteiger partial charge in [-0.1, -0.05) is 38.1 Å². The smallest absolute Gasteiger partial charge is 0.283 e. The quantitative estimate of drug-likeness (QED) is 0.473. The van der Waals surface area contributed by atoms with Gasteiger partial charge in [-0.15, -0.1) is 0 Å². The lowest BCUT2D eigenvalue weighted by Gasteiger charge is -2.20. The molecule has 0 bridgehead atoms. The molecule has 5 rings (SSSR count). The SMILES string of the molecule is COc1cccc(OCCn2cc(/C=C3\C(=N)N4N=C(C(C)C)SC4=NC3=O)c3ccccc32)c1. The first-order chi connectivity index (χ1) is 16.9. The minimum atomic E-state index is -0.424. The Labute approximate surface area is 207 Å². The first kappa shape index (κ1) is 22.9. The zero-order valence-electron chi connectivity index (χ0n) is 19.7. The molecule has 2 aromatic carbocycles. The van der Waals surface area contributed by atoms with Crippen molar-refractivity contribution in [2.45, 2.75) is 20.4 Å². The summed E-state index contributed by atoms with van der Waals surface area (Å²) < 4.78 is 13.3. The molecule has 8 nitrogen and oxygen atoms in total. The van der Waals surface area contributed by atoms with E-state index >= 15 is 0 Å². The van der Waals surface area contributed by atoms with Gasteiger partial charge in [0.1, 0.15) is 23.1 Å². The van der Waals surface area contributed by atoms with Gasteiger partial charge in [-0.05, 0) is 36.0 Å². The lowest BCUT2D eigenvalue weighted by molar-refractivity contribution is -0.114. The summed E-state index contributed by atoms with van der Waals surface area (Å²) in [6, 6.07) is 15.5. The summed E-state index contributed by atoms with van der Waals surface area (Å²) in [6.07, 6.45) is 3.72. The number of hydrazone groups is 1. The molecule has 2 aliphatic rings. The molecule has 9 heteroatoms. The number of carbonyl (C=O) groups is 1. The number of methoxy groups -OCH3 is 1. The van der Waals surface area contributed by atoms with Crippen LogP contribution in [-0.4, -0.2) is 45.2 Å². The van der Waals surface area contributed by atoms with Crippen molar-refractivity contribution in [3.05, 3.63) is 65.9 Å². The van der Waals surface area contributed by atoms with Gasteiger partial charge < -0.3 is 14.0 Å². The number of fused-ring (bicyclic) bond motifs is 2. The number of hydrogen-bond acceptors (Lipinski definition) is 6. The third-order valence-electron chi connectivity index (χ3n) is 5.73. The number of nitrogens with one attached hydrogen (secondary N) is 1. The van der Waals surface area contributed by atoms with Crippen molar-refractivity contribution in [2.24, 2.45) is 16.0 Å². The number of hydrogen-bond donors (Lipinski definition) is 1. The fourth-order valence-electron chi connectivity index (χ4n) is 3.92. The highest BCUT2D eigenvalue weighted by Crippen LogP contribution is 2.32. The van der Waals surface area contributed by atoms with E-state index < -0.39 is 5.91 Å². The molecule has 3 heterocycles. The molecule has 1 amide bonds. The third-order valence-corrected chi connectivity index (χ3v) is 6.93. The number of nitrogens with zero attached hydrogens (tertiary/aromatic N) is 4. The Bertz CT molecular complexity index is 1420. The van der Waals surface area contributed by atoms with Crippen LogP contribution < -0.4 is 9.47 Å². The van der Waals surface area contributed by atoms with Crippen molar-refractivity contribution in [3.63, 3.8) is 0 Å². The first-order valence-electron chi connectivity index (χ1n) is 11.3. The number of aliphatic imine (C=N–C) groups is 1. The molecule has 0 saturated carbocycles. The van der Waals surface area contributed by atoms with E-state index in [-0.39, 0.29) is 17.3 Å². The largest absolute Gasteiger partial charge is 0.497 e. The first-order valence-corrected chi connectivity index (χ1v) is 12.1. The second-order valence-corrected chi connectivity index (χ2v) is 9.42. The van der Waals surface area contributed by atoms with Gasteiger partial charge in [0.15, 0.2) is 5.84 Å². The lowest BCUT2D eigenvalue weighted by Crippen LogP contribution is -2.35. The minimum Gasteiger partial charge on any atom is -0.497 e. The molecule has 1 N–H and O–H groups in total. The Balaban J connectivity index is 1.41. The van der Waals surface area contributed by atoms with E-state index in [1.165, 1.54) is 16.8 Å². The van der Waals surface area contributed by atoms with Crippen molar-refractivity contribution in [1.82, 2.24) is 9.58 Å². The van der Waals surface area contributed by atoms with E-state index in [9.17, 15) is 4.79 Å². The molecular formula is C26H25N5O3S. The summed E-state index contributed by atoms with van der Waals surface area (Å²) >= 11 is 1.35. The number of rotatable bonds is 7. The Kier molecular flexibility index (Phi) is 6.17. The van der Waals surface area contributed by atoms with Crippen LogP contribution in [0.3, 0.4) is 0 Å². The van der Waals surface area contributed by atoms with Crippen molar-refractivity contribution in [2.75, 3.05) is 13.7 Å². The number of aromatic nitrogens is 1. The highest BCUT2D eigenvalue weighted by molar-refractivity contribution is 8.27. The Morgan fingerprint density at radius 2 is 1.94 bits per heavy atom. The van der Waals surface area contributed by atoms with Crippen molar-refractivity contribution in [1.29, 1.82) is 5.41 Å². The van der Waals surface area contributed by atoms with E-state index in [1.54, 1.807) is 13.2 Å². The molecule has 0 unspecified atom stereocenters. The van der Waals surface area contributed by atoms with Gasteiger partial charge in [-0.2, -0.15) is 15.1 Å². The van der Waals surface area contributed by atoms with E-state index in [1.807, 2.05) is 68.6 Å². The zero-order valence-corrected chi connectivity index (χ0v) is 20.5. The number of benzene rings is 2. The number of carbonyl (C=O) groups excluding carboxylic acids is 1. The topological polar surface area (TPSA) is 92.3 Å². The van der Waals surface area contributed by atoms with Crippen LogP contribution in [0.2, 0.25) is 0 Å². The highest BCUT2D eigenvalue weighted by atomic mass is 32.2. The maximum Gasteiger partial charge on any atom is 0.283 e. The Morgan fingerprint density at radius 3 is 2.74 bits per heavy atom. The Morgan fingerprint density at radius 1 is 1.14 bits per heavy atom. The average molecular weight is 488 g/mol. The summed E-state index contributed by atoms with van der Waals surface area (Å²) in [7, 11) is 1.63. The highest BCUT2D eigenvalue weighted by Gasteiger charge is 2.36. The van der Waals surface area contributed by atoms with Crippen LogP contribution in [0.5, 0.6) is 11.5 Å². The third kappa shape index (κ3) is 4.46. The average Bonchev–Trinajstić information content (AvgIpc) is 3.44. The van der Waals surface area contributed by atoms with Crippen LogP contribution in [0.1, 0.15) is 19.4 Å². The molecule has 0 aliphatic carbocycles. The lowest BCUT2D eigenvalue weighted by atomic mass is 10.1. The van der Waals surface area contributed by atoms with E-state index in [0.29, 0.717) is 18.3 Å². The molecule has 0 fully saturated rings. The van der Waals surface area contributed by atoms with Gasteiger partial charge in [0.25, 0.3) is 5.91 Å². The van der Waals surface area contributed by atoms with Gasteiger partial charge in [0.05, 0.1) is 19.2 Å². The normalized spacial score (nSPS) is 16.7. The fourth-order valence-corrected chi connectivity index (χ4v) is 4.82. The standard InChI is InChI=1S/C26H25N5O3S/c1-16(2)25-29-31-23(27)21(24(32)28-26(31)35-25)13-17-15-30(22-10-5-4-9-20(17)22)11-12-34-19-8-6-7-18(14-19)33-3/h4-10,13-16,27H,11-12H2,1-3H3/b21-13+,27-23?. The zero-order chi connectivity index (χ0) is 24.5. The molecular weight excluding hydrogens is 462 g/mol. The summed E-state index contributed by atoms with van der Waals surface area (Å²) in [5.74, 6) is 1.30. The minimum absolute atomic E-state index is 0.0429. The number of thioether (sulfide) groups is 1.